The zero-order valence-electron chi connectivity index (χ0n) is 16.5. The Morgan fingerprint density at radius 1 is 1.03 bits per heavy atom. The second kappa shape index (κ2) is 9.66. The van der Waals surface area contributed by atoms with Crippen LogP contribution in [0.3, 0.4) is 0 Å². The number of amides is 2. The van der Waals surface area contributed by atoms with Crippen LogP contribution in [0.5, 0.6) is 5.75 Å². The van der Waals surface area contributed by atoms with Crippen molar-refractivity contribution in [1.29, 1.82) is 0 Å². The van der Waals surface area contributed by atoms with Gasteiger partial charge in [-0.25, -0.2) is 9.18 Å². The van der Waals surface area contributed by atoms with Gasteiger partial charge >= 0.3 is 5.97 Å². The van der Waals surface area contributed by atoms with E-state index >= 15 is 0 Å². The molecule has 0 radical (unpaired) electrons. The van der Waals surface area contributed by atoms with E-state index in [1.54, 1.807) is 54.6 Å². The molecule has 1 fully saturated rings. The normalized spacial score (nSPS) is 14.8. The second-order valence-electron chi connectivity index (χ2n) is 6.80. The summed E-state index contributed by atoms with van der Waals surface area (Å²) in [4.78, 5) is 38.7. The number of esters is 1. The summed E-state index contributed by atoms with van der Waals surface area (Å²) in [5.74, 6) is -1.14. The van der Waals surface area contributed by atoms with E-state index in [0.717, 1.165) is 20.2 Å². The summed E-state index contributed by atoms with van der Waals surface area (Å²) < 4.78 is 20.2. The predicted molar refractivity (Wildman–Crippen MR) is 128 cm³/mol. The Morgan fingerprint density at radius 3 is 2.56 bits per heavy atom. The Hall–Kier alpha value is -2.98. The number of rotatable bonds is 5. The van der Waals surface area contributed by atoms with Crippen LogP contribution < -0.4 is 4.74 Å². The number of ether oxygens (including phenoxy) is 1. The van der Waals surface area contributed by atoms with Crippen LogP contribution in [-0.4, -0.2) is 22.0 Å². The van der Waals surface area contributed by atoms with Gasteiger partial charge in [-0.05, 0) is 76.3 Å². The third kappa shape index (κ3) is 4.91. The molecule has 0 aromatic heterocycles. The van der Waals surface area contributed by atoms with Crippen LogP contribution in [0.25, 0.3) is 6.08 Å². The van der Waals surface area contributed by atoms with Crippen molar-refractivity contribution in [1.82, 2.24) is 4.90 Å². The number of nitrogens with zero attached hydrogens (tertiary/aromatic N) is 1. The summed E-state index contributed by atoms with van der Waals surface area (Å²) in [5.41, 5.74) is 1.31. The van der Waals surface area contributed by atoms with Crippen LogP contribution in [0.2, 0.25) is 0 Å². The van der Waals surface area contributed by atoms with Crippen molar-refractivity contribution in [3.63, 3.8) is 0 Å². The van der Waals surface area contributed by atoms with E-state index < -0.39 is 22.9 Å². The van der Waals surface area contributed by atoms with Crippen LogP contribution in [-0.2, 0) is 11.3 Å². The van der Waals surface area contributed by atoms with Gasteiger partial charge in [-0.2, -0.15) is 0 Å². The lowest BCUT2D eigenvalue weighted by Crippen LogP contribution is -2.27. The molecule has 1 saturated heterocycles. The largest absolute Gasteiger partial charge is 0.423 e. The minimum absolute atomic E-state index is 0.137. The van der Waals surface area contributed by atoms with Gasteiger partial charge in [0.2, 0.25) is 0 Å². The lowest BCUT2D eigenvalue weighted by molar-refractivity contribution is -0.123. The molecule has 1 aliphatic heterocycles. The first-order valence-electron chi connectivity index (χ1n) is 9.48. The maximum absolute atomic E-state index is 13.9. The molecule has 5 nitrogen and oxygen atoms in total. The van der Waals surface area contributed by atoms with Crippen LogP contribution in [0, 0.1) is 9.39 Å². The Balaban J connectivity index is 1.51. The molecule has 1 heterocycles. The van der Waals surface area contributed by atoms with Gasteiger partial charge in [-0.1, -0.05) is 42.5 Å². The zero-order valence-corrected chi connectivity index (χ0v) is 19.4. The lowest BCUT2D eigenvalue weighted by atomic mass is 10.2. The summed E-state index contributed by atoms with van der Waals surface area (Å²) in [6.07, 6.45) is 1.55. The van der Waals surface area contributed by atoms with Crippen LogP contribution in [0.15, 0.2) is 77.7 Å². The first kappa shape index (κ1) is 22.2. The molecule has 32 heavy (non-hydrogen) atoms. The molecule has 0 bridgehead atoms. The number of carbonyl (C=O) groups is 3. The highest BCUT2D eigenvalue weighted by atomic mass is 127. The third-order valence-corrected chi connectivity index (χ3v) is 6.47. The van der Waals surface area contributed by atoms with Gasteiger partial charge < -0.3 is 4.74 Å². The quantitative estimate of drug-likeness (QED) is 0.169. The predicted octanol–water partition coefficient (Wildman–Crippen LogP) is 5.89. The molecule has 0 N–H and O–H groups in total. The van der Waals surface area contributed by atoms with Crippen molar-refractivity contribution >= 4 is 57.5 Å². The van der Waals surface area contributed by atoms with Crippen LogP contribution >= 0.6 is 34.4 Å². The van der Waals surface area contributed by atoms with E-state index in [2.05, 4.69) is 22.6 Å². The van der Waals surface area contributed by atoms with Crippen molar-refractivity contribution in [3.05, 3.63) is 104 Å². The smallest absolute Gasteiger partial charge is 0.344 e. The number of benzene rings is 3. The molecule has 2 amide bonds. The number of hydrogen-bond donors (Lipinski definition) is 0. The molecule has 0 saturated carbocycles. The zero-order chi connectivity index (χ0) is 22.7. The number of carbonyl (C=O) groups excluding carboxylic acids is 3. The van der Waals surface area contributed by atoms with Crippen molar-refractivity contribution < 1.29 is 23.5 Å². The van der Waals surface area contributed by atoms with E-state index in [1.807, 2.05) is 12.1 Å². The highest BCUT2D eigenvalue weighted by molar-refractivity contribution is 14.1. The highest BCUT2D eigenvalue weighted by Gasteiger charge is 2.35. The fraction of sp³-hybridized carbons (Fsp3) is 0.0417. The summed E-state index contributed by atoms with van der Waals surface area (Å²) in [7, 11) is 0. The number of imide groups is 1. The van der Waals surface area contributed by atoms with Crippen LogP contribution in [0.1, 0.15) is 21.5 Å². The van der Waals surface area contributed by atoms with E-state index in [0.29, 0.717) is 16.9 Å². The Bertz CT molecular complexity index is 1260. The molecule has 3 aromatic carbocycles. The summed E-state index contributed by atoms with van der Waals surface area (Å²) >= 11 is 2.85. The van der Waals surface area contributed by atoms with E-state index in [4.69, 9.17) is 4.74 Å². The fourth-order valence-electron chi connectivity index (χ4n) is 3.04. The number of thioether (sulfide) groups is 1. The fourth-order valence-corrected chi connectivity index (χ4v) is 4.49. The summed E-state index contributed by atoms with van der Waals surface area (Å²) in [5, 5.41) is -0.467. The summed E-state index contributed by atoms with van der Waals surface area (Å²) in [6, 6.07) is 19.8. The molecule has 0 spiro atoms. The molecule has 0 atom stereocenters. The van der Waals surface area contributed by atoms with Gasteiger partial charge in [0.05, 0.1) is 17.0 Å². The van der Waals surface area contributed by atoms with Gasteiger partial charge in [0, 0.05) is 9.13 Å². The van der Waals surface area contributed by atoms with Gasteiger partial charge in [0.1, 0.15) is 11.6 Å². The SMILES string of the molecule is O=C(Oc1cccc(/C=C2\SC(=O)N(Cc3ccccc3F)C2=O)c1)c1ccccc1I. The molecule has 8 heteroatoms. The molecule has 0 unspecified atom stereocenters. The maximum atomic E-state index is 13.9. The first-order valence-corrected chi connectivity index (χ1v) is 11.4. The molecule has 3 aromatic rings. The van der Waals surface area contributed by atoms with Crippen LogP contribution in [0.4, 0.5) is 9.18 Å². The molecule has 4 rings (SSSR count). The average molecular weight is 559 g/mol. The topological polar surface area (TPSA) is 63.7 Å². The first-order chi connectivity index (χ1) is 15.4. The molecular weight excluding hydrogens is 544 g/mol. The molecule has 160 valence electrons. The second-order valence-corrected chi connectivity index (χ2v) is 8.96. The molecule has 0 aliphatic carbocycles. The molecule has 1 aliphatic rings. The highest BCUT2D eigenvalue weighted by Crippen LogP contribution is 2.34. The Morgan fingerprint density at radius 2 is 1.78 bits per heavy atom. The minimum Gasteiger partial charge on any atom is -0.423 e. The molecular formula is C24H15FINO4S. The van der Waals surface area contributed by atoms with Gasteiger partial charge in [0.25, 0.3) is 11.1 Å². The van der Waals surface area contributed by atoms with Gasteiger partial charge in [0.15, 0.2) is 0 Å². The van der Waals surface area contributed by atoms with E-state index in [9.17, 15) is 18.8 Å². The van der Waals surface area contributed by atoms with Crippen molar-refractivity contribution in [2.24, 2.45) is 0 Å². The Labute approximate surface area is 201 Å². The summed E-state index contributed by atoms with van der Waals surface area (Å²) in [6.45, 7) is -0.137. The van der Waals surface area contributed by atoms with Crippen molar-refractivity contribution in [2.75, 3.05) is 0 Å². The monoisotopic (exact) mass is 559 g/mol. The number of hydrogen-bond acceptors (Lipinski definition) is 5. The van der Waals surface area contributed by atoms with Gasteiger partial charge in [-0.15, -0.1) is 0 Å². The average Bonchev–Trinajstić information content (AvgIpc) is 3.03. The number of halogens is 2. The van der Waals surface area contributed by atoms with E-state index in [1.165, 1.54) is 12.1 Å². The third-order valence-electron chi connectivity index (χ3n) is 4.62. The standard InChI is InChI=1S/C24H15FINO4S/c25-19-10-3-1-7-16(19)14-27-22(28)21(32-24(27)30)13-15-6-5-8-17(12-15)31-23(29)18-9-2-4-11-20(18)26/h1-13H,14H2/b21-13-. The minimum atomic E-state index is -0.496. The van der Waals surface area contributed by atoms with Gasteiger partial charge in [-0.3, -0.25) is 14.5 Å². The van der Waals surface area contributed by atoms with E-state index in [-0.39, 0.29) is 17.0 Å². The Kier molecular flexibility index (Phi) is 6.71. The maximum Gasteiger partial charge on any atom is 0.344 e. The van der Waals surface area contributed by atoms with Crippen molar-refractivity contribution in [3.8, 4) is 5.75 Å². The lowest BCUT2D eigenvalue weighted by Gasteiger charge is -2.12. The van der Waals surface area contributed by atoms with Crippen molar-refractivity contribution in [2.45, 2.75) is 6.54 Å².